The van der Waals surface area contributed by atoms with E-state index in [1.165, 1.54) is 11.3 Å². The zero-order valence-electron chi connectivity index (χ0n) is 14.9. The quantitative estimate of drug-likeness (QED) is 0.625. The van der Waals surface area contributed by atoms with Gasteiger partial charge < -0.3 is 15.4 Å². The van der Waals surface area contributed by atoms with Crippen LogP contribution in [0.25, 0.3) is 21.5 Å². The Hall–Kier alpha value is -2.78. The van der Waals surface area contributed by atoms with Gasteiger partial charge in [-0.3, -0.25) is 10.3 Å². The standard InChI is InChI=1S/C18H20N6O2S/c1-2-20-17(25)24-18-22-14-9-13(11-3-6-19-7-4-11)15(23-16(14)27-18)21-12-5-8-26-10-12/h3-4,6-7,9,12H,2,5,8,10H2,1H3,(H,21,23)(H2,20,22,24,25)/t12-/m0/s1. The van der Waals surface area contributed by atoms with Crippen LogP contribution in [0.3, 0.4) is 0 Å². The van der Waals surface area contributed by atoms with E-state index < -0.39 is 0 Å². The molecule has 2 amide bonds. The Kier molecular flexibility index (Phi) is 5.12. The van der Waals surface area contributed by atoms with Crippen LogP contribution in [0, 0.1) is 0 Å². The maximum absolute atomic E-state index is 11.8. The first kappa shape index (κ1) is 17.6. The van der Waals surface area contributed by atoms with Crippen LogP contribution in [0.15, 0.2) is 30.6 Å². The third kappa shape index (κ3) is 3.99. The molecule has 3 aromatic heterocycles. The highest BCUT2D eigenvalue weighted by Gasteiger charge is 2.20. The molecule has 1 aliphatic heterocycles. The van der Waals surface area contributed by atoms with Crippen molar-refractivity contribution in [3.05, 3.63) is 30.6 Å². The molecular weight excluding hydrogens is 364 g/mol. The number of rotatable bonds is 5. The number of ether oxygens (including phenoxy) is 1. The van der Waals surface area contributed by atoms with E-state index in [9.17, 15) is 4.79 Å². The Morgan fingerprint density at radius 1 is 1.33 bits per heavy atom. The van der Waals surface area contributed by atoms with Crippen LogP contribution in [0.1, 0.15) is 13.3 Å². The smallest absolute Gasteiger partial charge is 0.321 e. The van der Waals surface area contributed by atoms with Crippen LogP contribution >= 0.6 is 11.3 Å². The molecule has 3 aromatic rings. The summed E-state index contributed by atoms with van der Waals surface area (Å²) >= 11 is 1.35. The number of nitrogens with zero attached hydrogens (tertiary/aromatic N) is 3. The highest BCUT2D eigenvalue weighted by atomic mass is 32.1. The van der Waals surface area contributed by atoms with E-state index in [-0.39, 0.29) is 12.1 Å². The first-order valence-corrected chi connectivity index (χ1v) is 9.65. The van der Waals surface area contributed by atoms with E-state index in [0.717, 1.165) is 40.3 Å². The van der Waals surface area contributed by atoms with Crippen LogP contribution in [0.4, 0.5) is 15.7 Å². The van der Waals surface area contributed by atoms with Crippen molar-refractivity contribution in [3.63, 3.8) is 0 Å². The summed E-state index contributed by atoms with van der Waals surface area (Å²) in [7, 11) is 0. The average molecular weight is 384 g/mol. The lowest BCUT2D eigenvalue weighted by atomic mass is 10.1. The summed E-state index contributed by atoms with van der Waals surface area (Å²) in [6.07, 6.45) is 4.46. The molecule has 1 saturated heterocycles. The summed E-state index contributed by atoms with van der Waals surface area (Å²) in [6.45, 7) is 3.84. The summed E-state index contributed by atoms with van der Waals surface area (Å²) in [4.78, 5) is 25.9. The summed E-state index contributed by atoms with van der Waals surface area (Å²) in [5, 5.41) is 9.46. The number of aromatic nitrogens is 3. The number of pyridine rings is 2. The molecule has 0 bridgehead atoms. The van der Waals surface area contributed by atoms with E-state index in [0.29, 0.717) is 18.3 Å². The van der Waals surface area contributed by atoms with E-state index in [1.807, 2.05) is 25.1 Å². The molecule has 0 unspecified atom stereocenters. The average Bonchev–Trinajstić information content (AvgIpc) is 3.31. The molecule has 0 aromatic carbocycles. The lowest BCUT2D eigenvalue weighted by Gasteiger charge is -2.15. The summed E-state index contributed by atoms with van der Waals surface area (Å²) in [6, 6.07) is 5.84. The van der Waals surface area contributed by atoms with Crippen LogP contribution in [0.5, 0.6) is 0 Å². The van der Waals surface area contributed by atoms with Crippen LogP contribution < -0.4 is 16.0 Å². The summed E-state index contributed by atoms with van der Waals surface area (Å²) in [5.74, 6) is 0.789. The number of carbonyl (C=O) groups is 1. The zero-order valence-corrected chi connectivity index (χ0v) is 15.7. The molecule has 4 rings (SSSR count). The van der Waals surface area contributed by atoms with Gasteiger partial charge in [0.05, 0.1) is 12.6 Å². The minimum atomic E-state index is -0.271. The van der Waals surface area contributed by atoms with Crippen molar-refractivity contribution < 1.29 is 9.53 Å². The largest absolute Gasteiger partial charge is 0.379 e. The van der Waals surface area contributed by atoms with Gasteiger partial charge in [0, 0.05) is 31.1 Å². The number of nitrogens with one attached hydrogen (secondary N) is 3. The Morgan fingerprint density at radius 3 is 2.93 bits per heavy atom. The van der Waals surface area contributed by atoms with Gasteiger partial charge in [-0.25, -0.2) is 14.8 Å². The molecule has 1 atom stereocenters. The molecule has 4 heterocycles. The SMILES string of the molecule is CCNC(=O)Nc1nc2cc(-c3ccncc3)c(N[C@H]3CCOC3)nc2s1. The molecule has 3 N–H and O–H groups in total. The topological polar surface area (TPSA) is 101 Å². The molecule has 8 nitrogen and oxygen atoms in total. The number of urea groups is 1. The second-order valence-electron chi connectivity index (χ2n) is 6.15. The minimum absolute atomic E-state index is 0.233. The lowest BCUT2D eigenvalue weighted by molar-refractivity contribution is 0.195. The molecule has 140 valence electrons. The molecule has 1 aliphatic rings. The maximum atomic E-state index is 11.8. The fourth-order valence-corrected chi connectivity index (χ4v) is 3.74. The van der Waals surface area contributed by atoms with Gasteiger partial charge in [0.15, 0.2) is 5.13 Å². The van der Waals surface area contributed by atoms with Gasteiger partial charge in [0.1, 0.15) is 16.2 Å². The third-order valence-corrected chi connectivity index (χ3v) is 5.08. The normalized spacial score (nSPS) is 16.4. The van der Waals surface area contributed by atoms with Gasteiger partial charge in [0.2, 0.25) is 0 Å². The van der Waals surface area contributed by atoms with E-state index in [2.05, 4.69) is 25.9 Å². The Bertz CT molecular complexity index is 940. The third-order valence-electron chi connectivity index (χ3n) is 4.20. The number of thiazole rings is 1. The highest BCUT2D eigenvalue weighted by molar-refractivity contribution is 7.22. The first-order chi connectivity index (χ1) is 13.2. The predicted octanol–water partition coefficient (Wildman–Crippen LogP) is 3.10. The second kappa shape index (κ2) is 7.85. The molecular formula is C18H20N6O2S. The number of hydrogen-bond acceptors (Lipinski definition) is 7. The van der Waals surface area contributed by atoms with Crippen LogP contribution in [0.2, 0.25) is 0 Å². The lowest BCUT2D eigenvalue weighted by Crippen LogP contribution is -2.28. The minimum Gasteiger partial charge on any atom is -0.379 e. The molecule has 0 saturated carbocycles. The molecule has 0 radical (unpaired) electrons. The van der Waals surface area contributed by atoms with Crippen LogP contribution in [-0.4, -0.2) is 46.8 Å². The van der Waals surface area contributed by atoms with E-state index in [1.54, 1.807) is 12.4 Å². The van der Waals surface area contributed by atoms with Gasteiger partial charge >= 0.3 is 6.03 Å². The van der Waals surface area contributed by atoms with Gasteiger partial charge in [-0.05, 0) is 37.1 Å². The number of carbonyl (C=O) groups excluding carboxylic acids is 1. The monoisotopic (exact) mass is 384 g/mol. The van der Waals surface area contributed by atoms with Crippen molar-refractivity contribution in [2.75, 3.05) is 30.4 Å². The summed E-state index contributed by atoms with van der Waals surface area (Å²) < 4.78 is 5.47. The van der Waals surface area contributed by atoms with E-state index in [4.69, 9.17) is 9.72 Å². The summed E-state index contributed by atoms with van der Waals surface area (Å²) in [5.41, 5.74) is 2.70. The van der Waals surface area contributed by atoms with Crippen molar-refractivity contribution in [3.8, 4) is 11.1 Å². The highest BCUT2D eigenvalue weighted by Crippen LogP contribution is 2.34. The molecule has 0 spiro atoms. The van der Waals surface area contributed by atoms with Gasteiger partial charge in [-0.2, -0.15) is 0 Å². The number of anilines is 2. The molecule has 27 heavy (non-hydrogen) atoms. The number of fused-ring (bicyclic) bond motifs is 1. The Morgan fingerprint density at radius 2 is 2.19 bits per heavy atom. The first-order valence-electron chi connectivity index (χ1n) is 8.84. The molecule has 1 fully saturated rings. The number of hydrogen-bond donors (Lipinski definition) is 3. The zero-order chi connectivity index (χ0) is 18.6. The van der Waals surface area contributed by atoms with Crippen LogP contribution in [-0.2, 0) is 4.74 Å². The molecule has 0 aliphatic carbocycles. The van der Waals surface area contributed by atoms with Crippen molar-refractivity contribution in [2.45, 2.75) is 19.4 Å². The van der Waals surface area contributed by atoms with Crippen molar-refractivity contribution in [1.82, 2.24) is 20.3 Å². The van der Waals surface area contributed by atoms with Crippen molar-refractivity contribution in [1.29, 1.82) is 0 Å². The number of amides is 2. The van der Waals surface area contributed by atoms with Gasteiger partial charge in [-0.15, -0.1) is 0 Å². The van der Waals surface area contributed by atoms with Gasteiger partial charge in [0.25, 0.3) is 0 Å². The Labute approximate surface area is 160 Å². The Balaban J connectivity index is 1.72. The van der Waals surface area contributed by atoms with Gasteiger partial charge in [-0.1, -0.05) is 11.3 Å². The fraction of sp³-hybridized carbons (Fsp3) is 0.333. The maximum Gasteiger partial charge on any atom is 0.321 e. The van der Waals surface area contributed by atoms with Crippen molar-refractivity contribution in [2.24, 2.45) is 0 Å². The second-order valence-corrected chi connectivity index (χ2v) is 7.13. The van der Waals surface area contributed by atoms with E-state index >= 15 is 0 Å². The fourth-order valence-electron chi connectivity index (χ4n) is 2.92. The molecule has 9 heteroatoms. The van der Waals surface area contributed by atoms with Crippen molar-refractivity contribution >= 4 is 38.7 Å². The predicted molar refractivity (Wildman–Crippen MR) is 106 cm³/mol.